The average molecular weight is 384 g/mol. The van der Waals surface area contributed by atoms with Crippen LogP contribution in [0.4, 0.5) is 11.6 Å². The van der Waals surface area contributed by atoms with Gasteiger partial charge in [0, 0.05) is 23.5 Å². The quantitative estimate of drug-likeness (QED) is 0.468. The molecule has 29 heavy (non-hydrogen) atoms. The van der Waals surface area contributed by atoms with Gasteiger partial charge in [-0.2, -0.15) is 0 Å². The summed E-state index contributed by atoms with van der Waals surface area (Å²) in [5.74, 6) is 6.23. The highest BCUT2D eigenvalue weighted by Gasteiger charge is 2.19. The van der Waals surface area contributed by atoms with E-state index in [1.807, 2.05) is 43.5 Å². The number of hydrogen-bond donors (Lipinski definition) is 3. The third-order valence-electron chi connectivity index (χ3n) is 4.61. The lowest BCUT2D eigenvalue weighted by Crippen LogP contribution is -2.12. The van der Waals surface area contributed by atoms with Gasteiger partial charge in [0.25, 0.3) is 0 Å². The van der Waals surface area contributed by atoms with Crippen molar-refractivity contribution in [3.05, 3.63) is 72.3 Å². The highest BCUT2D eigenvalue weighted by atomic mass is 16.2. The molecule has 0 spiro atoms. The van der Waals surface area contributed by atoms with Gasteiger partial charge in [0.05, 0.1) is 17.4 Å². The number of aromatic nitrogens is 4. The largest absolute Gasteiger partial charge is 0.384 e. The van der Waals surface area contributed by atoms with Crippen LogP contribution in [0.25, 0.3) is 16.9 Å². The number of nitrogen functional groups attached to an aromatic ring is 1. The maximum Gasteiger partial charge on any atom is 0.147 e. The van der Waals surface area contributed by atoms with Crippen LogP contribution in [0.2, 0.25) is 0 Å². The molecule has 4 rings (SSSR count). The summed E-state index contributed by atoms with van der Waals surface area (Å²) < 4.78 is 2.12. The number of anilines is 2. The summed E-state index contributed by atoms with van der Waals surface area (Å²) in [4.78, 5) is 12.9. The Hall–Kier alpha value is -3.89. The molecule has 0 radical (unpaired) electrons. The molecule has 4 aromatic rings. The van der Waals surface area contributed by atoms with E-state index in [2.05, 4.69) is 48.6 Å². The highest BCUT2D eigenvalue weighted by molar-refractivity contribution is 5.71. The van der Waals surface area contributed by atoms with E-state index >= 15 is 0 Å². The zero-order chi connectivity index (χ0) is 20.2. The van der Waals surface area contributed by atoms with Gasteiger partial charge < -0.3 is 20.6 Å². The summed E-state index contributed by atoms with van der Waals surface area (Å²) in [6, 6.07) is 13.9. The molecule has 0 aliphatic rings. The topological polar surface area (TPSA) is 101 Å². The van der Waals surface area contributed by atoms with E-state index in [0.29, 0.717) is 11.4 Å². The molecule has 1 atom stereocenters. The molecule has 0 aliphatic carbocycles. The minimum atomic E-state index is -0.266. The molecule has 4 aromatic heterocycles. The van der Waals surface area contributed by atoms with Crippen LogP contribution in [0.5, 0.6) is 0 Å². The van der Waals surface area contributed by atoms with Crippen LogP contribution in [-0.4, -0.2) is 31.1 Å². The van der Waals surface area contributed by atoms with Crippen LogP contribution in [0.15, 0.2) is 61.2 Å². The van der Waals surface area contributed by atoms with Gasteiger partial charge in [-0.3, -0.25) is 4.98 Å². The Balaban J connectivity index is 1.80. The first-order valence-corrected chi connectivity index (χ1v) is 9.17. The normalized spacial score (nSPS) is 11.7. The van der Waals surface area contributed by atoms with E-state index in [9.17, 15) is 0 Å². The molecule has 144 valence electrons. The molecule has 0 saturated carbocycles. The molecule has 7 nitrogen and oxygen atoms in total. The Morgan fingerprint density at radius 3 is 2.83 bits per heavy atom. The van der Waals surface area contributed by atoms with Gasteiger partial charge in [-0.15, -0.1) is 0 Å². The molecule has 7 heteroatoms. The minimum Gasteiger partial charge on any atom is -0.384 e. The van der Waals surface area contributed by atoms with E-state index in [-0.39, 0.29) is 18.5 Å². The van der Waals surface area contributed by atoms with E-state index in [0.717, 1.165) is 22.5 Å². The van der Waals surface area contributed by atoms with Crippen molar-refractivity contribution in [2.45, 2.75) is 13.0 Å². The fraction of sp³-hybridized carbons (Fsp3) is 0.136. The third kappa shape index (κ3) is 3.61. The summed E-state index contributed by atoms with van der Waals surface area (Å²) in [5, 5.41) is 12.4. The first-order chi connectivity index (χ1) is 14.2. The monoisotopic (exact) mass is 384 g/mol. The lowest BCUT2D eigenvalue weighted by Gasteiger charge is -2.17. The predicted molar refractivity (Wildman–Crippen MR) is 113 cm³/mol. The summed E-state index contributed by atoms with van der Waals surface area (Å²) in [5.41, 5.74) is 10.5. The maximum absolute atomic E-state index is 9.03. The van der Waals surface area contributed by atoms with Crippen molar-refractivity contribution in [2.24, 2.45) is 0 Å². The molecule has 1 unspecified atom stereocenters. The van der Waals surface area contributed by atoms with Gasteiger partial charge in [-0.25, -0.2) is 9.97 Å². The Kier molecular flexibility index (Phi) is 5.10. The lowest BCUT2D eigenvalue weighted by molar-refractivity contribution is 0.350. The SMILES string of the molecule is CC(Nc1ncnc(N)c1C#CCO)c1cc2ccccn2c1-c1ccccn1. The first-order valence-electron chi connectivity index (χ1n) is 9.17. The van der Waals surface area contributed by atoms with Crippen molar-refractivity contribution < 1.29 is 5.11 Å². The molecule has 4 heterocycles. The van der Waals surface area contributed by atoms with Crippen molar-refractivity contribution in [1.29, 1.82) is 0 Å². The highest BCUT2D eigenvalue weighted by Crippen LogP contribution is 2.32. The van der Waals surface area contributed by atoms with Crippen LogP contribution in [0.1, 0.15) is 24.1 Å². The lowest BCUT2D eigenvalue weighted by atomic mass is 10.1. The number of nitrogens with two attached hydrogens (primary N) is 1. The molecule has 0 amide bonds. The summed E-state index contributed by atoms with van der Waals surface area (Å²) in [7, 11) is 0. The maximum atomic E-state index is 9.03. The molecule has 0 saturated heterocycles. The second-order valence-electron chi connectivity index (χ2n) is 6.47. The van der Waals surface area contributed by atoms with Crippen molar-refractivity contribution >= 4 is 17.2 Å². The van der Waals surface area contributed by atoms with E-state index in [1.54, 1.807) is 6.20 Å². The van der Waals surface area contributed by atoms with E-state index in [1.165, 1.54) is 6.33 Å². The smallest absolute Gasteiger partial charge is 0.147 e. The molecular weight excluding hydrogens is 364 g/mol. The van der Waals surface area contributed by atoms with Crippen LogP contribution in [-0.2, 0) is 0 Å². The average Bonchev–Trinajstić information content (AvgIpc) is 3.14. The van der Waals surface area contributed by atoms with Gasteiger partial charge in [-0.05, 0) is 37.3 Å². The van der Waals surface area contributed by atoms with Gasteiger partial charge in [0.2, 0.25) is 0 Å². The minimum absolute atomic E-state index is 0.115. The van der Waals surface area contributed by atoms with Crippen LogP contribution in [0, 0.1) is 11.8 Å². The zero-order valence-corrected chi connectivity index (χ0v) is 15.9. The van der Waals surface area contributed by atoms with Crippen LogP contribution < -0.4 is 11.1 Å². The molecule has 0 aromatic carbocycles. The summed E-state index contributed by atoms with van der Waals surface area (Å²) >= 11 is 0. The Morgan fingerprint density at radius 1 is 1.17 bits per heavy atom. The Labute approximate surface area is 168 Å². The Bertz CT molecular complexity index is 1210. The number of pyridine rings is 2. The number of rotatable bonds is 4. The van der Waals surface area contributed by atoms with E-state index < -0.39 is 0 Å². The first kappa shape index (κ1) is 18.5. The molecule has 4 N–H and O–H groups in total. The zero-order valence-electron chi connectivity index (χ0n) is 15.9. The van der Waals surface area contributed by atoms with Gasteiger partial charge in [0.1, 0.15) is 30.1 Å². The van der Waals surface area contributed by atoms with Crippen molar-refractivity contribution in [2.75, 3.05) is 17.7 Å². The fourth-order valence-corrected chi connectivity index (χ4v) is 3.29. The van der Waals surface area contributed by atoms with Crippen molar-refractivity contribution in [1.82, 2.24) is 19.4 Å². The van der Waals surface area contributed by atoms with E-state index in [4.69, 9.17) is 10.8 Å². The summed E-state index contributed by atoms with van der Waals surface area (Å²) in [6.07, 6.45) is 5.20. The van der Waals surface area contributed by atoms with Crippen LogP contribution >= 0.6 is 0 Å². The number of aliphatic hydroxyl groups is 1. The molecular formula is C22H20N6O. The molecule has 0 bridgehead atoms. The number of aliphatic hydroxyl groups excluding tert-OH is 1. The predicted octanol–water partition coefficient (Wildman–Crippen LogP) is 2.89. The van der Waals surface area contributed by atoms with Crippen LogP contribution in [0.3, 0.4) is 0 Å². The fourth-order valence-electron chi connectivity index (χ4n) is 3.29. The number of nitrogens with one attached hydrogen (secondary N) is 1. The molecule has 0 fully saturated rings. The Morgan fingerprint density at radius 2 is 2.03 bits per heavy atom. The van der Waals surface area contributed by atoms with Gasteiger partial charge in [0.15, 0.2) is 0 Å². The van der Waals surface area contributed by atoms with Crippen molar-refractivity contribution in [3.63, 3.8) is 0 Å². The molecule has 0 aliphatic heterocycles. The van der Waals surface area contributed by atoms with Gasteiger partial charge >= 0.3 is 0 Å². The standard InChI is InChI=1S/C22H20N6O/c1-15(27-22-17(8-6-12-29)21(23)25-14-26-22)18-13-16-7-3-5-11-28(16)20(18)19-9-2-4-10-24-19/h2-5,7,9-11,13-15,29H,12H2,1H3,(H3,23,25,26,27). The number of nitrogens with zero attached hydrogens (tertiary/aromatic N) is 4. The second-order valence-corrected chi connectivity index (χ2v) is 6.47. The number of hydrogen-bond acceptors (Lipinski definition) is 6. The number of fused-ring (bicyclic) bond motifs is 1. The third-order valence-corrected chi connectivity index (χ3v) is 4.61. The second kappa shape index (κ2) is 8.00. The summed E-state index contributed by atoms with van der Waals surface area (Å²) in [6.45, 7) is 1.78. The van der Waals surface area contributed by atoms with Gasteiger partial charge in [-0.1, -0.05) is 24.0 Å². The van der Waals surface area contributed by atoms with Crippen molar-refractivity contribution in [3.8, 4) is 23.2 Å².